The molecule has 0 aromatic heterocycles. The van der Waals surface area contributed by atoms with Gasteiger partial charge in [0.15, 0.2) is 0 Å². The van der Waals surface area contributed by atoms with Crippen molar-refractivity contribution in [3.05, 3.63) is 0 Å². The largest absolute Gasteiger partial charge is 0.329 e. The summed E-state index contributed by atoms with van der Waals surface area (Å²) in [7, 11) is 0. The average Bonchev–Trinajstić information content (AvgIpc) is 3.30. The van der Waals surface area contributed by atoms with Gasteiger partial charge in [0.25, 0.3) is 0 Å². The minimum absolute atomic E-state index is 0.345. The van der Waals surface area contributed by atoms with Gasteiger partial charge < -0.3 is 4.90 Å². The maximum atomic E-state index is 11.9. The van der Waals surface area contributed by atoms with Gasteiger partial charge >= 0.3 is 0 Å². The second-order valence-corrected chi connectivity index (χ2v) is 9.64. The Morgan fingerprint density at radius 2 is 0.967 bits per heavy atom. The summed E-state index contributed by atoms with van der Waals surface area (Å²) < 4.78 is 0. The summed E-state index contributed by atoms with van der Waals surface area (Å²) in [6.45, 7) is 4.92. The van der Waals surface area contributed by atoms with Crippen LogP contribution in [-0.4, -0.2) is 30.6 Å². The summed E-state index contributed by atoms with van der Waals surface area (Å²) in [5.74, 6) is 0.345. The fraction of sp³-hybridized carbons (Fsp3) is 0.963. The van der Waals surface area contributed by atoms with Crippen molar-refractivity contribution in [3.8, 4) is 0 Å². The van der Waals surface area contributed by atoms with E-state index in [0.29, 0.717) is 5.91 Å². The average molecular weight is 423 g/mol. The van der Waals surface area contributed by atoms with Crippen LogP contribution in [0.4, 0.5) is 0 Å². The zero-order valence-corrected chi connectivity index (χ0v) is 20.5. The second-order valence-electron chi connectivity index (χ2n) is 9.64. The third kappa shape index (κ3) is 17.1. The lowest BCUT2D eigenvalue weighted by atomic mass is 10.0. The predicted molar refractivity (Wildman–Crippen MR) is 132 cm³/mol. The number of amides is 1. The Morgan fingerprint density at radius 3 is 1.30 bits per heavy atom. The number of unbranched alkanes of at least 4 members (excludes halogenated alkanes) is 20. The van der Waals surface area contributed by atoms with Crippen LogP contribution in [0.1, 0.15) is 148 Å². The van der Waals surface area contributed by atoms with E-state index in [2.05, 4.69) is 12.2 Å². The van der Waals surface area contributed by atoms with E-state index in [9.17, 15) is 4.79 Å². The molecule has 0 aromatic rings. The lowest BCUT2D eigenvalue weighted by molar-refractivity contribution is -0.130. The van der Waals surface area contributed by atoms with E-state index in [1.807, 2.05) is 4.90 Å². The van der Waals surface area contributed by atoms with E-state index in [0.717, 1.165) is 32.6 Å². The number of nitrogens with one attached hydrogen (secondary N) is 1. The molecular formula is C27H54N2O. The van der Waals surface area contributed by atoms with Gasteiger partial charge in [0.2, 0.25) is 5.91 Å². The molecule has 0 radical (unpaired) electrons. The minimum Gasteiger partial charge on any atom is -0.329 e. The Morgan fingerprint density at radius 1 is 0.600 bits per heavy atom. The Labute approximate surface area is 189 Å². The summed E-state index contributed by atoms with van der Waals surface area (Å²) in [4.78, 5) is 13.9. The molecule has 1 amide bonds. The van der Waals surface area contributed by atoms with Crippen LogP contribution < -0.4 is 5.32 Å². The summed E-state index contributed by atoms with van der Waals surface area (Å²) in [6, 6.07) is 0. The fourth-order valence-electron chi connectivity index (χ4n) is 4.59. The highest BCUT2D eigenvalue weighted by atomic mass is 16.2. The van der Waals surface area contributed by atoms with Crippen LogP contribution in [0.5, 0.6) is 0 Å². The maximum Gasteiger partial charge on any atom is 0.223 e. The van der Waals surface area contributed by atoms with E-state index >= 15 is 0 Å². The van der Waals surface area contributed by atoms with Crippen LogP contribution in [0, 0.1) is 0 Å². The number of carbonyl (C=O) groups is 1. The molecule has 1 aliphatic heterocycles. The Bertz CT molecular complexity index is 366. The molecule has 1 heterocycles. The first kappa shape index (κ1) is 27.5. The zero-order valence-electron chi connectivity index (χ0n) is 20.5. The first-order valence-electron chi connectivity index (χ1n) is 13.8. The smallest absolute Gasteiger partial charge is 0.223 e. The molecule has 1 fully saturated rings. The summed E-state index contributed by atoms with van der Waals surface area (Å²) in [5, 5.41) is 3.22. The van der Waals surface area contributed by atoms with Gasteiger partial charge in [-0.2, -0.15) is 0 Å². The number of nitrogens with zero attached hydrogens (tertiary/aromatic N) is 1. The molecule has 3 heteroatoms. The highest BCUT2D eigenvalue weighted by Crippen LogP contribution is 2.15. The van der Waals surface area contributed by atoms with E-state index in [4.69, 9.17) is 0 Å². The van der Waals surface area contributed by atoms with E-state index < -0.39 is 0 Å². The highest BCUT2D eigenvalue weighted by molar-refractivity contribution is 5.76. The topological polar surface area (TPSA) is 32.3 Å². The molecule has 0 aliphatic carbocycles. The molecule has 0 spiro atoms. The van der Waals surface area contributed by atoms with Gasteiger partial charge in [0.1, 0.15) is 0 Å². The molecule has 0 bridgehead atoms. The van der Waals surface area contributed by atoms with Crippen molar-refractivity contribution >= 4 is 5.91 Å². The molecular weight excluding hydrogens is 368 g/mol. The molecule has 1 rings (SSSR count). The van der Waals surface area contributed by atoms with Crippen molar-refractivity contribution in [3.63, 3.8) is 0 Å². The molecule has 30 heavy (non-hydrogen) atoms. The van der Waals surface area contributed by atoms with Crippen molar-refractivity contribution in [1.29, 1.82) is 0 Å². The number of hydrogen-bond donors (Lipinski definition) is 1. The van der Waals surface area contributed by atoms with E-state index in [1.54, 1.807) is 0 Å². The molecule has 1 aliphatic rings. The van der Waals surface area contributed by atoms with Gasteiger partial charge in [0.05, 0.1) is 6.67 Å². The SMILES string of the molecule is CCCCCCCCCCCCCCCCCCCCCCCC(=O)N1CCNC1. The normalized spacial score (nSPS) is 14.0. The first-order valence-corrected chi connectivity index (χ1v) is 13.8. The first-order chi connectivity index (χ1) is 14.8. The van der Waals surface area contributed by atoms with Crippen LogP contribution in [0.25, 0.3) is 0 Å². The van der Waals surface area contributed by atoms with Crippen LogP contribution >= 0.6 is 0 Å². The monoisotopic (exact) mass is 422 g/mol. The van der Waals surface area contributed by atoms with Gasteiger partial charge in [-0.15, -0.1) is 0 Å². The van der Waals surface area contributed by atoms with E-state index in [1.165, 1.54) is 128 Å². The molecule has 0 atom stereocenters. The lowest BCUT2D eigenvalue weighted by Crippen LogP contribution is -2.29. The standard InChI is InChI=1S/C27H54N2O/c1-2-3-4-5-6-7-8-9-10-11-12-13-14-15-16-17-18-19-20-21-22-23-27(30)29-25-24-28-26-29/h28H,2-26H2,1H3. The van der Waals surface area contributed by atoms with Crippen molar-refractivity contribution in [2.24, 2.45) is 0 Å². The van der Waals surface area contributed by atoms with Crippen LogP contribution in [0.15, 0.2) is 0 Å². The van der Waals surface area contributed by atoms with Crippen molar-refractivity contribution in [2.75, 3.05) is 19.8 Å². The van der Waals surface area contributed by atoms with Crippen LogP contribution in [0.3, 0.4) is 0 Å². The minimum atomic E-state index is 0.345. The summed E-state index contributed by atoms with van der Waals surface area (Å²) in [6.07, 6.45) is 30.3. The maximum absolute atomic E-state index is 11.9. The molecule has 0 saturated carbocycles. The zero-order chi connectivity index (χ0) is 21.5. The number of rotatable bonds is 22. The highest BCUT2D eigenvalue weighted by Gasteiger charge is 2.16. The quantitative estimate of drug-likeness (QED) is 0.179. The third-order valence-electron chi connectivity index (χ3n) is 6.71. The summed E-state index contributed by atoms with van der Waals surface area (Å²) >= 11 is 0. The van der Waals surface area contributed by atoms with Gasteiger partial charge in [-0.25, -0.2) is 0 Å². The molecule has 178 valence electrons. The van der Waals surface area contributed by atoms with Gasteiger partial charge in [-0.3, -0.25) is 10.1 Å². The third-order valence-corrected chi connectivity index (χ3v) is 6.71. The number of carbonyl (C=O) groups excluding carboxylic acids is 1. The van der Waals surface area contributed by atoms with Crippen LogP contribution in [0.2, 0.25) is 0 Å². The van der Waals surface area contributed by atoms with Crippen LogP contribution in [-0.2, 0) is 4.79 Å². The number of hydrogen-bond acceptors (Lipinski definition) is 2. The Hall–Kier alpha value is -0.570. The summed E-state index contributed by atoms with van der Waals surface area (Å²) in [5.41, 5.74) is 0. The van der Waals surface area contributed by atoms with Gasteiger partial charge in [-0.05, 0) is 6.42 Å². The van der Waals surface area contributed by atoms with Crippen molar-refractivity contribution < 1.29 is 4.79 Å². The second kappa shape index (κ2) is 21.7. The molecule has 3 nitrogen and oxygen atoms in total. The predicted octanol–water partition coefficient (Wildman–Crippen LogP) is 7.98. The Balaban J connectivity index is 1.66. The van der Waals surface area contributed by atoms with E-state index in [-0.39, 0.29) is 0 Å². The molecule has 1 N–H and O–H groups in total. The van der Waals surface area contributed by atoms with Gasteiger partial charge in [-0.1, -0.05) is 135 Å². The Kier molecular flexibility index (Phi) is 19.8. The van der Waals surface area contributed by atoms with Crippen molar-refractivity contribution in [2.45, 2.75) is 148 Å². The van der Waals surface area contributed by atoms with Gasteiger partial charge in [0, 0.05) is 19.5 Å². The molecule has 0 aromatic carbocycles. The molecule has 0 unspecified atom stereocenters. The van der Waals surface area contributed by atoms with Crippen molar-refractivity contribution in [1.82, 2.24) is 10.2 Å². The lowest BCUT2D eigenvalue weighted by Gasteiger charge is -2.13. The molecule has 1 saturated heterocycles. The fourth-order valence-corrected chi connectivity index (χ4v) is 4.59.